The van der Waals surface area contributed by atoms with Crippen LogP contribution in [0.25, 0.3) is 0 Å². The van der Waals surface area contributed by atoms with Gasteiger partial charge in [-0.05, 0) is 47.3 Å². The number of likely N-dealkylation sites (N-methyl/N-ethyl adjacent to an activating group) is 1. The fourth-order valence-electron chi connectivity index (χ4n) is 4.79. The minimum Gasteiger partial charge on any atom is -0.368 e. The average molecular weight is 450 g/mol. The van der Waals surface area contributed by atoms with Crippen molar-refractivity contribution in [3.63, 3.8) is 0 Å². The lowest BCUT2D eigenvalue weighted by atomic mass is 9.81. The van der Waals surface area contributed by atoms with Crippen molar-refractivity contribution in [2.45, 2.75) is 12.0 Å². The van der Waals surface area contributed by atoms with E-state index in [2.05, 4.69) is 4.90 Å². The number of hydrogen-bond acceptors (Lipinski definition) is 4. The lowest BCUT2D eigenvalue weighted by Gasteiger charge is -2.43. The summed E-state index contributed by atoms with van der Waals surface area (Å²) in [7, 11) is 1.79. The molecule has 7 heteroatoms. The van der Waals surface area contributed by atoms with Gasteiger partial charge in [0.25, 0.3) is 5.91 Å². The predicted molar refractivity (Wildman–Crippen MR) is 124 cm³/mol. The highest BCUT2D eigenvalue weighted by Gasteiger charge is 2.44. The molecule has 0 bridgehead atoms. The summed E-state index contributed by atoms with van der Waals surface area (Å²) in [6.45, 7) is 2.54. The molecule has 0 spiro atoms. The van der Waals surface area contributed by atoms with Gasteiger partial charge in [-0.3, -0.25) is 9.59 Å². The Morgan fingerprint density at radius 1 is 0.969 bits per heavy atom. The van der Waals surface area contributed by atoms with Crippen LogP contribution in [0.15, 0.2) is 66.0 Å². The van der Waals surface area contributed by atoms with Gasteiger partial charge in [0, 0.05) is 49.4 Å². The molecule has 1 fully saturated rings. The standard InChI is InChI=1S/C25H24FN3O2S/c1-27-23(21-7-4-16-32-21)22(19-5-2-3-6-20(19)24(27)30)25(31)29-14-12-28(13-15-29)18-10-8-17(26)9-11-18/h2-11,16,22-23H,12-15H2,1H3/t22-,23+/m1/s1. The van der Waals surface area contributed by atoms with Crippen LogP contribution in [0.2, 0.25) is 0 Å². The highest BCUT2D eigenvalue weighted by molar-refractivity contribution is 7.10. The van der Waals surface area contributed by atoms with E-state index in [9.17, 15) is 14.0 Å². The van der Waals surface area contributed by atoms with Gasteiger partial charge in [-0.15, -0.1) is 11.3 Å². The minimum atomic E-state index is -0.440. The highest BCUT2D eigenvalue weighted by atomic mass is 32.1. The van der Waals surface area contributed by atoms with Crippen LogP contribution >= 0.6 is 11.3 Å². The Morgan fingerprint density at radius 3 is 2.38 bits per heavy atom. The first-order chi connectivity index (χ1) is 15.5. The molecule has 2 aliphatic rings. The summed E-state index contributed by atoms with van der Waals surface area (Å²) in [5, 5.41) is 1.98. The van der Waals surface area contributed by atoms with Crippen LogP contribution in [0.5, 0.6) is 0 Å². The average Bonchev–Trinajstić information content (AvgIpc) is 3.36. The zero-order chi connectivity index (χ0) is 22.2. The topological polar surface area (TPSA) is 43.9 Å². The number of nitrogens with zero attached hydrogens (tertiary/aromatic N) is 3. The maximum absolute atomic E-state index is 13.9. The van der Waals surface area contributed by atoms with E-state index < -0.39 is 5.92 Å². The lowest BCUT2D eigenvalue weighted by molar-refractivity contribution is -0.134. The van der Waals surface area contributed by atoms with Gasteiger partial charge < -0.3 is 14.7 Å². The number of anilines is 1. The second-order valence-corrected chi connectivity index (χ2v) is 9.21. The van der Waals surface area contributed by atoms with Crippen LogP contribution in [0, 0.1) is 5.82 Å². The normalized spacial score (nSPS) is 20.9. The van der Waals surface area contributed by atoms with E-state index in [0.29, 0.717) is 31.7 Å². The number of halogens is 1. The molecule has 164 valence electrons. The second-order valence-electron chi connectivity index (χ2n) is 8.23. The molecule has 1 saturated heterocycles. The van der Waals surface area contributed by atoms with Crippen molar-refractivity contribution >= 4 is 28.8 Å². The van der Waals surface area contributed by atoms with Crippen LogP contribution in [0.3, 0.4) is 0 Å². The van der Waals surface area contributed by atoms with E-state index in [4.69, 9.17) is 0 Å². The van der Waals surface area contributed by atoms with Crippen LogP contribution in [-0.4, -0.2) is 54.8 Å². The van der Waals surface area contributed by atoms with Gasteiger partial charge in [0.05, 0.1) is 12.0 Å². The Hall–Kier alpha value is -3.19. The fraction of sp³-hybridized carbons (Fsp3) is 0.280. The van der Waals surface area contributed by atoms with Gasteiger partial charge in [0.15, 0.2) is 0 Å². The van der Waals surface area contributed by atoms with E-state index in [1.165, 1.54) is 12.1 Å². The Labute approximate surface area is 190 Å². The first-order valence-electron chi connectivity index (χ1n) is 10.7. The Balaban J connectivity index is 1.43. The van der Waals surface area contributed by atoms with Gasteiger partial charge in [-0.25, -0.2) is 4.39 Å². The molecular weight excluding hydrogens is 425 g/mol. The Morgan fingerprint density at radius 2 is 1.69 bits per heavy atom. The molecule has 2 atom stereocenters. The van der Waals surface area contributed by atoms with Crippen molar-refractivity contribution in [3.05, 3.63) is 87.9 Å². The lowest BCUT2D eigenvalue weighted by Crippen LogP contribution is -2.53. The van der Waals surface area contributed by atoms with Crippen LogP contribution < -0.4 is 4.90 Å². The molecule has 5 rings (SSSR count). The van der Waals surface area contributed by atoms with Gasteiger partial charge in [-0.2, -0.15) is 0 Å². The van der Waals surface area contributed by atoms with Gasteiger partial charge >= 0.3 is 0 Å². The maximum Gasteiger partial charge on any atom is 0.254 e. The number of amides is 2. The number of carbonyl (C=O) groups is 2. The zero-order valence-electron chi connectivity index (χ0n) is 17.8. The molecule has 2 aliphatic heterocycles. The number of hydrogen-bond donors (Lipinski definition) is 0. The number of piperazine rings is 1. The second kappa shape index (κ2) is 8.39. The number of benzene rings is 2. The van der Waals surface area contributed by atoms with Gasteiger partial charge in [0.2, 0.25) is 5.91 Å². The van der Waals surface area contributed by atoms with Crippen LogP contribution in [-0.2, 0) is 4.79 Å². The Kier molecular flexibility index (Phi) is 5.43. The number of thiophene rings is 1. The first-order valence-corrected chi connectivity index (χ1v) is 11.6. The van der Waals surface area contributed by atoms with E-state index in [0.717, 1.165) is 16.1 Å². The third-order valence-electron chi connectivity index (χ3n) is 6.46. The van der Waals surface area contributed by atoms with E-state index in [-0.39, 0.29) is 23.7 Å². The summed E-state index contributed by atoms with van der Waals surface area (Å²) >= 11 is 1.57. The van der Waals surface area contributed by atoms with Crippen molar-refractivity contribution < 1.29 is 14.0 Å². The third kappa shape index (κ3) is 3.56. The van der Waals surface area contributed by atoms with Crippen LogP contribution in [0.4, 0.5) is 10.1 Å². The predicted octanol–water partition coefficient (Wildman–Crippen LogP) is 4.15. The van der Waals surface area contributed by atoms with Crippen molar-refractivity contribution in [1.82, 2.24) is 9.80 Å². The van der Waals surface area contributed by atoms with Crippen molar-refractivity contribution in [2.24, 2.45) is 0 Å². The molecule has 2 amide bonds. The van der Waals surface area contributed by atoms with Gasteiger partial charge in [-0.1, -0.05) is 24.3 Å². The molecule has 3 heterocycles. The summed E-state index contributed by atoms with van der Waals surface area (Å²) in [5.41, 5.74) is 2.37. The molecule has 1 aromatic heterocycles. The summed E-state index contributed by atoms with van der Waals surface area (Å²) in [6.07, 6.45) is 0. The SMILES string of the molecule is CN1C(=O)c2ccccc2[C@@H](C(=O)N2CCN(c3ccc(F)cc3)CC2)[C@@H]1c1cccs1. The molecule has 3 aromatic rings. The molecule has 2 aromatic carbocycles. The smallest absolute Gasteiger partial charge is 0.254 e. The summed E-state index contributed by atoms with van der Waals surface area (Å²) in [6, 6.07) is 17.6. The molecule has 32 heavy (non-hydrogen) atoms. The van der Waals surface area contributed by atoms with Crippen molar-refractivity contribution in [1.29, 1.82) is 0 Å². The number of fused-ring (bicyclic) bond motifs is 1. The van der Waals surface area contributed by atoms with Gasteiger partial charge in [0.1, 0.15) is 5.82 Å². The van der Waals surface area contributed by atoms with E-state index in [1.54, 1.807) is 35.4 Å². The number of rotatable bonds is 3. The highest BCUT2D eigenvalue weighted by Crippen LogP contribution is 2.44. The molecule has 0 radical (unpaired) electrons. The maximum atomic E-state index is 13.9. The third-order valence-corrected chi connectivity index (χ3v) is 7.41. The fourth-order valence-corrected chi connectivity index (χ4v) is 5.69. The zero-order valence-corrected chi connectivity index (χ0v) is 18.6. The molecular formula is C25H24FN3O2S. The summed E-state index contributed by atoms with van der Waals surface area (Å²) in [4.78, 5) is 33.8. The largest absolute Gasteiger partial charge is 0.368 e. The molecule has 0 unspecified atom stereocenters. The molecule has 5 nitrogen and oxygen atoms in total. The summed E-state index contributed by atoms with van der Waals surface area (Å²) in [5.74, 6) is -0.695. The molecule has 0 N–H and O–H groups in total. The van der Waals surface area contributed by atoms with E-state index >= 15 is 0 Å². The molecule has 0 saturated carbocycles. The van der Waals surface area contributed by atoms with Crippen molar-refractivity contribution in [3.8, 4) is 0 Å². The quantitative estimate of drug-likeness (QED) is 0.604. The van der Waals surface area contributed by atoms with Crippen LogP contribution in [0.1, 0.15) is 32.8 Å². The first kappa shape index (κ1) is 20.7. The van der Waals surface area contributed by atoms with Crippen molar-refractivity contribution in [2.75, 3.05) is 38.1 Å². The monoisotopic (exact) mass is 449 g/mol. The van der Waals surface area contributed by atoms with E-state index in [1.807, 2.05) is 46.7 Å². The number of carbonyl (C=O) groups excluding carboxylic acids is 2. The summed E-state index contributed by atoms with van der Waals surface area (Å²) < 4.78 is 13.3. The molecule has 0 aliphatic carbocycles. The minimum absolute atomic E-state index is 0.0500. The Bertz CT molecular complexity index is 1120.